The van der Waals surface area contributed by atoms with Gasteiger partial charge >= 0.3 is 6.09 Å². The molecule has 0 aliphatic heterocycles. The second-order valence-electron chi connectivity index (χ2n) is 5.49. The number of amides is 2. The van der Waals surface area contributed by atoms with Crippen LogP contribution in [0.25, 0.3) is 0 Å². The number of carbonyl (C=O) groups is 2. The van der Waals surface area contributed by atoms with E-state index in [9.17, 15) is 9.59 Å². The number of ether oxygens (including phenoxy) is 1. The van der Waals surface area contributed by atoms with Crippen LogP contribution in [0, 0.1) is 17.2 Å². The molecule has 0 fully saturated rings. The van der Waals surface area contributed by atoms with Gasteiger partial charge in [0, 0.05) is 20.0 Å². The molecule has 1 N–H and O–H groups in total. The van der Waals surface area contributed by atoms with E-state index in [4.69, 9.17) is 10.00 Å². The van der Waals surface area contributed by atoms with Gasteiger partial charge in [0.1, 0.15) is 13.2 Å². The van der Waals surface area contributed by atoms with Crippen molar-refractivity contribution in [2.45, 2.75) is 26.4 Å². The molecule has 1 rings (SSSR count). The van der Waals surface area contributed by atoms with Crippen LogP contribution in [0.5, 0.6) is 0 Å². The highest BCUT2D eigenvalue weighted by atomic mass is 16.5. The Balaban J connectivity index is 2.17. The van der Waals surface area contributed by atoms with Crippen LogP contribution in [0.4, 0.5) is 4.79 Å². The molecule has 1 aromatic carbocycles. The molecule has 0 heterocycles. The average Bonchev–Trinajstić information content (AvgIpc) is 2.57. The molecule has 124 valence electrons. The van der Waals surface area contributed by atoms with Crippen molar-refractivity contribution in [2.24, 2.45) is 5.92 Å². The average molecular weight is 317 g/mol. The zero-order valence-corrected chi connectivity index (χ0v) is 13.6. The molecule has 0 bridgehead atoms. The van der Waals surface area contributed by atoms with Crippen molar-refractivity contribution in [3.63, 3.8) is 0 Å². The van der Waals surface area contributed by atoms with Gasteiger partial charge in [-0.1, -0.05) is 37.3 Å². The van der Waals surface area contributed by atoms with Crippen molar-refractivity contribution < 1.29 is 14.3 Å². The smallest absolute Gasteiger partial charge is 0.407 e. The van der Waals surface area contributed by atoms with Gasteiger partial charge in [-0.25, -0.2) is 4.79 Å². The maximum absolute atomic E-state index is 11.7. The van der Waals surface area contributed by atoms with Crippen LogP contribution in [-0.4, -0.2) is 37.0 Å². The lowest BCUT2D eigenvalue weighted by molar-refractivity contribution is -0.129. The molecule has 1 atom stereocenters. The van der Waals surface area contributed by atoms with Gasteiger partial charge in [0.25, 0.3) is 0 Å². The zero-order valence-electron chi connectivity index (χ0n) is 13.6. The van der Waals surface area contributed by atoms with Crippen LogP contribution in [-0.2, 0) is 16.1 Å². The predicted octanol–water partition coefficient (Wildman–Crippen LogP) is 2.31. The molecule has 0 radical (unpaired) electrons. The summed E-state index contributed by atoms with van der Waals surface area (Å²) in [4.78, 5) is 24.7. The second kappa shape index (κ2) is 10.2. The fraction of sp³-hybridized carbons (Fsp3) is 0.471. The number of nitriles is 1. The third kappa shape index (κ3) is 7.86. The molecule has 6 heteroatoms. The minimum atomic E-state index is -0.464. The lowest BCUT2D eigenvalue weighted by Crippen LogP contribution is -2.30. The third-order valence-electron chi connectivity index (χ3n) is 3.39. The Kier molecular flexibility index (Phi) is 8.22. The fourth-order valence-electron chi connectivity index (χ4n) is 1.89. The Hall–Kier alpha value is -2.55. The van der Waals surface area contributed by atoms with E-state index in [1.165, 1.54) is 4.90 Å². The number of alkyl carbamates (subject to hydrolysis) is 1. The van der Waals surface area contributed by atoms with E-state index in [-0.39, 0.29) is 25.0 Å². The van der Waals surface area contributed by atoms with Crippen LogP contribution in [0.1, 0.15) is 25.3 Å². The van der Waals surface area contributed by atoms with Crippen molar-refractivity contribution >= 4 is 12.0 Å². The Morgan fingerprint density at radius 1 is 1.35 bits per heavy atom. The first-order chi connectivity index (χ1) is 11.0. The number of carbonyl (C=O) groups excluding carboxylic acids is 2. The van der Waals surface area contributed by atoms with E-state index >= 15 is 0 Å². The van der Waals surface area contributed by atoms with Crippen molar-refractivity contribution in [2.75, 3.05) is 20.1 Å². The minimum Gasteiger partial charge on any atom is -0.445 e. The summed E-state index contributed by atoms with van der Waals surface area (Å²) < 4.78 is 5.11. The molecule has 1 aromatic rings. The van der Waals surface area contributed by atoms with Gasteiger partial charge in [0.15, 0.2) is 0 Å². The van der Waals surface area contributed by atoms with E-state index in [0.717, 1.165) is 5.56 Å². The maximum atomic E-state index is 11.7. The molecule has 0 saturated carbocycles. The highest BCUT2D eigenvalue weighted by Crippen LogP contribution is 2.06. The normalized spacial score (nSPS) is 11.2. The molecular weight excluding hydrogens is 294 g/mol. The zero-order chi connectivity index (χ0) is 17.1. The molecule has 6 nitrogen and oxygen atoms in total. The van der Waals surface area contributed by atoms with Crippen LogP contribution in [0.15, 0.2) is 30.3 Å². The molecule has 0 saturated heterocycles. The van der Waals surface area contributed by atoms with Gasteiger partial charge < -0.3 is 15.0 Å². The first-order valence-corrected chi connectivity index (χ1v) is 7.58. The third-order valence-corrected chi connectivity index (χ3v) is 3.39. The number of nitrogens with one attached hydrogen (secondary N) is 1. The molecule has 0 aliphatic rings. The topological polar surface area (TPSA) is 82.4 Å². The number of hydrogen-bond donors (Lipinski definition) is 1. The largest absolute Gasteiger partial charge is 0.445 e. The molecule has 0 aliphatic carbocycles. The Morgan fingerprint density at radius 3 is 2.70 bits per heavy atom. The van der Waals surface area contributed by atoms with Crippen LogP contribution in [0.3, 0.4) is 0 Å². The summed E-state index contributed by atoms with van der Waals surface area (Å²) >= 11 is 0. The molecule has 2 amide bonds. The van der Waals surface area contributed by atoms with Gasteiger partial charge in [-0.15, -0.1) is 0 Å². The highest BCUT2D eigenvalue weighted by Gasteiger charge is 2.12. The second-order valence-corrected chi connectivity index (χ2v) is 5.49. The summed E-state index contributed by atoms with van der Waals surface area (Å²) in [6, 6.07) is 11.4. The molecule has 0 aromatic heterocycles. The minimum absolute atomic E-state index is 0.0648. The maximum Gasteiger partial charge on any atom is 0.407 e. The van der Waals surface area contributed by atoms with Crippen molar-refractivity contribution in [1.82, 2.24) is 10.2 Å². The summed E-state index contributed by atoms with van der Waals surface area (Å²) in [5, 5.41) is 11.2. The monoisotopic (exact) mass is 317 g/mol. The Bertz CT molecular complexity index is 540. The standard InChI is InChI=1S/C17H23N3O3/c1-14(8-9-16(21)20(2)11-10-18)12-19-17(22)23-13-15-6-4-3-5-7-15/h3-7,14H,8-9,11-13H2,1-2H3,(H,19,22). The lowest BCUT2D eigenvalue weighted by atomic mass is 10.1. The molecule has 1 unspecified atom stereocenters. The SMILES string of the molecule is CC(CCC(=O)N(C)CC#N)CNC(=O)OCc1ccccc1. The summed E-state index contributed by atoms with van der Waals surface area (Å²) in [5.74, 6) is 0.0868. The van der Waals surface area contributed by atoms with E-state index in [2.05, 4.69) is 5.32 Å². The predicted molar refractivity (Wildman–Crippen MR) is 86.3 cm³/mol. The Morgan fingerprint density at radius 2 is 2.04 bits per heavy atom. The van der Waals surface area contributed by atoms with Gasteiger partial charge in [0.05, 0.1) is 6.07 Å². The van der Waals surface area contributed by atoms with Crippen molar-refractivity contribution in [1.29, 1.82) is 5.26 Å². The van der Waals surface area contributed by atoms with E-state index in [1.54, 1.807) is 7.05 Å². The van der Waals surface area contributed by atoms with E-state index in [1.807, 2.05) is 43.3 Å². The fourth-order valence-corrected chi connectivity index (χ4v) is 1.89. The number of hydrogen-bond acceptors (Lipinski definition) is 4. The molecule has 23 heavy (non-hydrogen) atoms. The summed E-state index contributed by atoms with van der Waals surface area (Å²) in [6.07, 6.45) is 0.543. The quantitative estimate of drug-likeness (QED) is 0.746. The number of nitrogens with zero attached hydrogens (tertiary/aromatic N) is 2. The van der Waals surface area contributed by atoms with Crippen molar-refractivity contribution in [3.05, 3.63) is 35.9 Å². The van der Waals surface area contributed by atoms with Gasteiger partial charge in [-0.2, -0.15) is 5.26 Å². The first-order valence-electron chi connectivity index (χ1n) is 7.58. The summed E-state index contributed by atoms with van der Waals surface area (Å²) in [5.41, 5.74) is 0.932. The van der Waals surface area contributed by atoms with Crippen LogP contribution >= 0.6 is 0 Å². The first kappa shape index (κ1) is 18.5. The highest BCUT2D eigenvalue weighted by molar-refractivity contribution is 5.76. The van der Waals surface area contributed by atoms with Crippen LogP contribution < -0.4 is 5.32 Å². The number of benzene rings is 1. The van der Waals surface area contributed by atoms with Gasteiger partial charge in [-0.3, -0.25) is 4.79 Å². The summed E-state index contributed by atoms with van der Waals surface area (Å²) in [7, 11) is 1.61. The Labute approximate surface area is 137 Å². The van der Waals surface area contributed by atoms with Gasteiger partial charge in [0.2, 0.25) is 5.91 Å². The van der Waals surface area contributed by atoms with Crippen LogP contribution in [0.2, 0.25) is 0 Å². The molecular formula is C17H23N3O3. The van der Waals surface area contributed by atoms with E-state index < -0.39 is 6.09 Å². The summed E-state index contributed by atoms with van der Waals surface area (Å²) in [6.45, 7) is 2.73. The van der Waals surface area contributed by atoms with Gasteiger partial charge in [-0.05, 0) is 17.9 Å². The number of rotatable bonds is 8. The molecule has 0 spiro atoms. The lowest BCUT2D eigenvalue weighted by Gasteiger charge is -2.16. The van der Waals surface area contributed by atoms with E-state index in [0.29, 0.717) is 19.4 Å². The van der Waals surface area contributed by atoms with Crippen molar-refractivity contribution in [3.8, 4) is 6.07 Å².